The molecule has 1 unspecified atom stereocenters. The van der Waals surface area contributed by atoms with Crippen LogP contribution in [0.25, 0.3) is 0 Å². The number of nitrogens with two attached hydrogens (primary N) is 1. The highest BCUT2D eigenvalue weighted by molar-refractivity contribution is 5.26. The van der Waals surface area contributed by atoms with Crippen LogP contribution in [0.1, 0.15) is 30.9 Å². The molecule has 0 saturated carbocycles. The van der Waals surface area contributed by atoms with Gasteiger partial charge in [-0.3, -0.25) is 0 Å². The zero-order chi connectivity index (χ0) is 10.6. The quantitative estimate of drug-likeness (QED) is 0.767. The molecule has 2 heteroatoms. The average Bonchev–Trinajstić information content (AvgIpc) is 2.19. The Morgan fingerprint density at radius 3 is 2.29 bits per heavy atom. The number of hydrogen-bond donors (Lipinski definition) is 2. The zero-order valence-corrected chi connectivity index (χ0v) is 8.96. The summed E-state index contributed by atoms with van der Waals surface area (Å²) in [5.74, 6) is 0. The minimum atomic E-state index is -0.748. The summed E-state index contributed by atoms with van der Waals surface area (Å²) in [7, 11) is 0. The van der Waals surface area contributed by atoms with E-state index in [9.17, 15) is 5.11 Å². The smallest absolute Gasteiger partial charge is 0.0905 e. The molecule has 1 aromatic rings. The molecule has 1 aromatic carbocycles. The van der Waals surface area contributed by atoms with Gasteiger partial charge in [-0.25, -0.2) is 0 Å². The topological polar surface area (TPSA) is 46.2 Å². The molecule has 1 atom stereocenters. The molecular formula is C12H19NO. The molecule has 0 aromatic heterocycles. The van der Waals surface area contributed by atoms with Gasteiger partial charge < -0.3 is 10.8 Å². The molecule has 0 heterocycles. The number of aryl methyl sites for hydroxylation is 1. The second kappa shape index (κ2) is 4.58. The Morgan fingerprint density at radius 1 is 1.29 bits per heavy atom. The van der Waals surface area contributed by atoms with Crippen LogP contribution >= 0.6 is 0 Å². The van der Waals surface area contributed by atoms with E-state index in [0.717, 1.165) is 5.56 Å². The van der Waals surface area contributed by atoms with E-state index < -0.39 is 5.60 Å². The molecule has 1 rings (SSSR count). The lowest BCUT2D eigenvalue weighted by molar-refractivity contribution is 0.0259. The number of aliphatic hydroxyl groups is 1. The predicted octanol–water partition coefficient (Wildman–Crippen LogP) is 1.94. The largest absolute Gasteiger partial charge is 0.385 e. The van der Waals surface area contributed by atoms with Crippen LogP contribution in [0.15, 0.2) is 24.3 Å². The van der Waals surface area contributed by atoms with Gasteiger partial charge in [0.2, 0.25) is 0 Å². The van der Waals surface area contributed by atoms with Crippen molar-refractivity contribution in [2.75, 3.05) is 6.54 Å². The van der Waals surface area contributed by atoms with E-state index in [4.69, 9.17) is 5.73 Å². The lowest BCUT2D eigenvalue weighted by atomic mass is 9.87. The molecule has 0 fully saturated rings. The number of benzene rings is 1. The van der Waals surface area contributed by atoms with Gasteiger partial charge in [-0.15, -0.1) is 0 Å². The lowest BCUT2D eigenvalue weighted by Gasteiger charge is -2.26. The molecule has 0 saturated heterocycles. The van der Waals surface area contributed by atoms with Crippen LogP contribution in [-0.2, 0) is 5.60 Å². The molecule has 14 heavy (non-hydrogen) atoms. The van der Waals surface area contributed by atoms with Gasteiger partial charge in [0.15, 0.2) is 0 Å². The Kier molecular flexibility index (Phi) is 3.67. The van der Waals surface area contributed by atoms with Crippen molar-refractivity contribution < 1.29 is 5.11 Å². The van der Waals surface area contributed by atoms with Crippen molar-refractivity contribution in [3.63, 3.8) is 0 Å². The van der Waals surface area contributed by atoms with Gasteiger partial charge in [-0.1, -0.05) is 36.8 Å². The van der Waals surface area contributed by atoms with Gasteiger partial charge in [0, 0.05) is 0 Å². The first kappa shape index (κ1) is 11.2. The van der Waals surface area contributed by atoms with Crippen molar-refractivity contribution in [1.29, 1.82) is 0 Å². The van der Waals surface area contributed by atoms with Crippen LogP contribution < -0.4 is 5.73 Å². The standard InChI is InChI=1S/C12H19NO/c1-3-12(14,8-9-13)11-6-4-10(2)5-7-11/h4-7,14H,3,8-9,13H2,1-2H3. The fraction of sp³-hybridized carbons (Fsp3) is 0.500. The van der Waals surface area contributed by atoms with E-state index in [1.165, 1.54) is 5.56 Å². The monoisotopic (exact) mass is 193 g/mol. The first-order valence-corrected chi connectivity index (χ1v) is 5.12. The molecule has 0 aliphatic heterocycles. The van der Waals surface area contributed by atoms with E-state index in [-0.39, 0.29) is 0 Å². The minimum absolute atomic E-state index is 0.512. The van der Waals surface area contributed by atoms with Crippen LogP contribution in [0.2, 0.25) is 0 Å². The van der Waals surface area contributed by atoms with Crippen molar-refractivity contribution in [2.24, 2.45) is 5.73 Å². The molecule has 0 aliphatic carbocycles. The van der Waals surface area contributed by atoms with Crippen LogP contribution in [0.4, 0.5) is 0 Å². The van der Waals surface area contributed by atoms with Crippen molar-refractivity contribution in [2.45, 2.75) is 32.3 Å². The fourth-order valence-corrected chi connectivity index (χ4v) is 1.63. The van der Waals surface area contributed by atoms with Gasteiger partial charge in [0.25, 0.3) is 0 Å². The third kappa shape index (κ3) is 2.34. The Labute approximate surface area is 85.8 Å². The predicted molar refractivity (Wildman–Crippen MR) is 59.0 cm³/mol. The summed E-state index contributed by atoms with van der Waals surface area (Å²) in [6, 6.07) is 8.00. The van der Waals surface area contributed by atoms with Gasteiger partial charge >= 0.3 is 0 Å². The summed E-state index contributed by atoms with van der Waals surface area (Å²) in [4.78, 5) is 0. The Bertz CT molecular complexity index is 281. The second-order valence-electron chi connectivity index (χ2n) is 3.79. The van der Waals surface area contributed by atoms with Gasteiger partial charge in [-0.05, 0) is 31.9 Å². The van der Waals surface area contributed by atoms with Gasteiger partial charge in [-0.2, -0.15) is 0 Å². The molecule has 0 amide bonds. The highest BCUT2D eigenvalue weighted by Gasteiger charge is 2.25. The van der Waals surface area contributed by atoms with E-state index in [2.05, 4.69) is 0 Å². The Balaban J connectivity index is 2.94. The van der Waals surface area contributed by atoms with E-state index in [1.54, 1.807) is 0 Å². The normalized spacial score (nSPS) is 15.1. The zero-order valence-electron chi connectivity index (χ0n) is 8.96. The maximum Gasteiger partial charge on any atom is 0.0905 e. The number of hydrogen-bond acceptors (Lipinski definition) is 2. The molecule has 0 bridgehead atoms. The van der Waals surface area contributed by atoms with Gasteiger partial charge in [0.1, 0.15) is 0 Å². The molecule has 0 spiro atoms. The first-order chi connectivity index (χ1) is 6.62. The fourth-order valence-electron chi connectivity index (χ4n) is 1.63. The summed E-state index contributed by atoms with van der Waals surface area (Å²) in [5.41, 5.74) is 6.93. The molecule has 3 N–H and O–H groups in total. The first-order valence-electron chi connectivity index (χ1n) is 5.12. The number of rotatable bonds is 4. The third-order valence-corrected chi connectivity index (χ3v) is 2.73. The molecule has 78 valence electrons. The van der Waals surface area contributed by atoms with Crippen LogP contribution in [0.3, 0.4) is 0 Å². The van der Waals surface area contributed by atoms with Crippen molar-refractivity contribution >= 4 is 0 Å². The third-order valence-electron chi connectivity index (χ3n) is 2.73. The van der Waals surface area contributed by atoms with Crippen molar-refractivity contribution in [1.82, 2.24) is 0 Å². The van der Waals surface area contributed by atoms with E-state index in [1.807, 2.05) is 38.1 Å². The molecule has 2 nitrogen and oxygen atoms in total. The summed E-state index contributed by atoms with van der Waals surface area (Å²) in [5, 5.41) is 10.3. The van der Waals surface area contributed by atoms with E-state index >= 15 is 0 Å². The highest BCUT2D eigenvalue weighted by atomic mass is 16.3. The maximum atomic E-state index is 10.3. The minimum Gasteiger partial charge on any atom is -0.385 e. The lowest BCUT2D eigenvalue weighted by Crippen LogP contribution is -2.27. The SMILES string of the molecule is CCC(O)(CCN)c1ccc(C)cc1. The average molecular weight is 193 g/mol. The Morgan fingerprint density at radius 2 is 1.86 bits per heavy atom. The molecule has 0 radical (unpaired) electrons. The van der Waals surface area contributed by atoms with Crippen LogP contribution in [0, 0.1) is 6.92 Å². The van der Waals surface area contributed by atoms with Crippen molar-refractivity contribution in [3.05, 3.63) is 35.4 Å². The van der Waals surface area contributed by atoms with E-state index in [0.29, 0.717) is 19.4 Å². The Hall–Kier alpha value is -0.860. The van der Waals surface area contributed by atoms with Crippen LogP contribution in [-0.4, -0.2) is 11.7 Å². The highest BCUT2D eigenvalue weighted by Crippen LogP contribution is 2.28. The summed E-state index contributed by atoms with van der Waals surface area (Å²) < 4.78 is 0. The van der Waals surface area contributed by atoms with Crippen LogP contribution in [0.5, 0.6) is 0 Å². The summed E-state index contributed by atoms with van der Waals surface area (Å²) in [6.07, 6.45) is 1.32. The second-order valence-corrected chi connectivity index (χ2v) is 3.79. The van der Waals surface area contributed by atoms with Gasteiger partial charge in [0.05, 0.1) is 5.60 Å². The molecular weight excluding hydrogens is 174 g/mol. The molecule has 0 aliphatic rings. The summed E-state index contributed by atoms with van der Waals surface area (Å²) >= 11 is 0. The van der Waals surface area contributed by atoms with Crippen molar-refractivity contribution in [3.8, 4) is 0 Å². The summed E-state index contributed by atoms with van der Waals surface area (Å²) in [6.45, 7) is 4.53. The maximum absolute atomic E-state index is 10.3.